The minimum Gasteiger partial charge on any atom is -0.341 e. The average molecular weight is 232 g/mol. The minimum absolute atomic E-state index is 0.150. The van der Waals surface area contributed by atoms with Crippen LogP contribution >= 0.6 is 0 Å². The van der Waals surface area contributed by atoms with E-state index in [4.69, 9.17) is 0 Å². The largest absolute Gasteiger partial charge is 0.341 e. The van der Waals surface area contributed by atoms with Gasteiger partial charge in [0.05, 0.1) is 17.4 Å². The molecule has 17 heavy (non-hydrogen) atoms. The first-order valence-corrected chi connectivity index (χ1v) is 4.71. The van der Waals surface area contributed by atoms with Crippen LogP contribution in [-0.2, 0) is 0 Å². The van der Waals surface area contributed by atoms with Gasteiger partial charge in [-0.15, -0.1) is 0 Å². The van der Waals surface area contributed by atoms with Gasteiger partial charge in [0.1, 0.15) is 11.4 Å². The van der Waals surface area contributed by atoms with Gasteiger partial charge in [0.25, 0.3) is 11.6 Å². The number of carbonyl (C=O) groups excluding carboxylic acids is 1. The van der Waals surface area contributed by atoms with Crippen LogP contribution in [0.2, 0.25) is 0 Å². The number of nitrogens with one attached hydrogen (secondary N) is 2. The standard InChI is InChI=1S/C10H8N4O3/c15-10(8-5-11-6-12-8)13-7-3-1-2-4-9(7)14(16)17/h1-6H,(H,11,12)(H,13,15). The summed E-state index contributed by atoms with van der Waals surface area (Å²) in [6.07, 6.45) is 2.69. The van der Waals surface area contributed by atoms with E-state index < -0.39 is 10.8 Å². The molecule has 0 atom stereocenters. The molecule has 86 valence electrons. The topological polar surface area (TPSA) is 101 Å². The van der Waals surface area contributed by atoms with Crippen LogP contribution in [0.3, 0.4) is 0 Å². The van der Waals surface area contributed by atoms with Gasteiger partial charge in [-0.25, -0.2) is 4.98 Å². The van der Waals surface area contributed by atoms with Crippen molar-refractivity contribution in [3.05, 3.63) is 52.6 Å². The summed E-state index contributed by atoms with van der Waals surface area (Å²) >= 11 is 0. The van der Waals surface area contributed by atoms with Crippen LogP contribution < -0.4 is 5.32 Å². The SMILES string of the molecule is O=C(Nc1ccccc1[N+](=O)[O-])c1cnc[nH]1. The molecule has 2 aromatic rings. The molecule has 1 aromatic carbocycles. The summed E-state index contributed by atoms with van der Waals surface area (Å²) < 4.78 is 0. The Balaban J connectivity index is 2.25. The van der Waals surface area contributed by atoms with Crippen LogP contribution in [-0.4, -0.2) is 20.8 Å². The number of hydrogen-bond donors (Lipinski definition) is 2. The number of rotatable bonds is 3. The lowest BCUT2D eigenvalue weighted by atomic mass is 10.2. The number of nitrogens with zero attached hydrogens (tertiary/aromatic N) is 2. The zero-order chi connectivity index (χ0) is 12.3. The molecule has 1 aromatic heterocycles. The predicted molar refractivity (Wildman–Crippen MR) is 59.6 cm³/mol. The van der Waals surface area contributed by atoms with E-state index in [1.165, 1.54) is 30.7 Å². The molecule has 7 nitrogen and oxygen atoms in total. The van der Waals surface area contributed by atoms with Gasteiger partial charge in [0.15, 0.2) is 0 Å². The maximum absolute atomic E-state index is 11.6. The number of amides is 1. The number of nitro benzene ring substituents is 1. The van der Waals surface area contributed by atoms with Gasteiger partial charge < -0.3 is 10.3 Å². The Hall–Kier alpha value is -2.70. The second-order valence-corrected chi connectivity index (χ2v) is 3.19. The highest BCUT2D eigenvalue weighted by molar-refractivity contribution is 6.03. The van der Waals surface area contributed by atoms with E-state index in [1.54, 1.807) is 6.07 Å². The molecule has 7 heteroatoms. The Morgan fingerprint density at radius 3 is 2.82 bits per heavy atom. The van der Waals surface area contributed by atoms with E-state index in [0.29, 0.717) is 0 Å². The van der Waals surface area contributed by atoms with Crippen LogP contribution in [0.1, 0.15) is 10.5 Å². The number of aromatic amines is 1. The monoisotopic (exact) mass is 232 g/mol. The quantitative estimate of drug-likeness (QED) is 0.619. The summed E-state index contributed by atoms with van der Waals surface area (Å²) in [5.41, 5.74) is 0.237. The van der Waals surface area contributed by atoms with Crippen molar-refractivity contribution in [1.29, 1.82) is 0 Å². The number of aromatic nitrogens is 2. The van der Waals surface area contributed by atoms with Gasteiger partial charge in [0, 0.05) is 6.07 Å². The molecule has 2 rings (SSSR count). The normalized spacial score (nSPS) is 9.88. The smallest absolute Gasteiger partial charge is 0.292 e. The molecule has 0 saturated carbocycles. The van der Waals surface area contributed by atoms with E-state index in [9.17, 15) is 14.9 Å². The molecule has 0 fully saturated rings. The fourth-order valence-corrected chi connectivity index (χ4v) is 1.31. The van der Waals surface area contributed by atoms with Gasteiger partial charge in [0.2, 0.25) is 0 Å². The second-order valence-electron chi connectivity index (χ2n) is 3.19. The maximum atomic E-state index is 11.6. The molecule has 2 N–H and O–H groups in total. The Morgan fingerprint density at radius 1 is 1.41 bits per heavy atom. The Bertz CT molecular complexity index is 550. The second kappa shape index (κ2) is 4.44. The first kappa shape index (κ1) is 10.8. The average Bonchev–Trinajstić information content (AvgIpc) is 2.83. The van der Waals surface area contributed by atoms with Crippen LogP contribution in [0.15, 0.2) is 36.8 Å². The molecule has 0 spiro atoms. The van der Waals surface area contributed by atoms with Crippen molar-refractivity contribution in [2.24, 2.45) is 0 Å². The number of hydrogen-bond acceptors (Lipinski definition) is 4. The number of anilines is 1. The predicted octanol–water partition coefficient (Wildman–Crippen LogP) is 1.57. The van der Waals surface area contributed by atoms with Gasteiger partial charge in [-0.05, 0) is 6.07 Å². The van der Waals surface area contributed by atoms with Gasteiger partial charge in [-0.1, -0.05) is 12.1 Å². The van der Waals surface area contributed by atoms with E-state index >= 15 is 0 Å². The van der Waals surface area contributed by atoms with Crippen molar-refractivity contribution in [2.75, 3.05) is 5.32 Å². The summed E-state index contributed by atoms with van der Waals surface area (Å²) in [6, 6.07) is 5.93. The molecule has 0 unspecified atom stereocenters. The van der Waals surface area contributed by atoms with Gasteiger partial charge in [-0.2, -0.15) is 0 Å². The lowest BCUT2D eigenvalue weighted by molar-refractivity contribution is -0.383. The van der Waals surface area contributed by atoms with Crippen molar-refractivity contribution >= 4 is 17.3 Å². The molecule has 1 heterocycles. The van der Waals surface area contributed by atoms with Crippen LogP contribution in [0, 0.1) is 10.1 Å². The summed E-state index contributed by atoms with van der Waals surface area (Å²) in [5.74, 6) is -0.475. The number of para-hydroxylation sites is 2. The Morgan fingerprint density at radius 2 is 2.18 bits per heavy atom. The third-order valence-corrected chi connectivity index (χ3v) is 2.09. The molecule has 0 aliphatic rings. The summed E-state index contributed by atoms with van der Waals surface area (Å²) in [6.45, 7) is 0. The third kappa shape index (κ3) is 2.28. The Labute approximate surface area is 95.6 Å². The zero-order valence-corrected chi connectivity index (χ0v) is 8.58. The van der Waals surface area contributed by atoms with Crippen LogP contribution in [0.4, 0.5) is 11.4 Å². The molecule has 1 amide bonds. The highest BCUT2D eigenvalue weighted by atomic mass is 16.6. The number of benzene rings is 1. The fraction of sp³-hybridized carbons (Fsp3) is 0. The number of H-pyrrole nitrogens is 1. The highest BCUT2D eigenvalue weighted by Gasteiger charge is 2.15. The fourth-order valence-electron chi connectivity index (χ4n) is 1.31. The van der Waals surface area contributed by atoms with Crippen molar-refractivity contribution in [3.8, 4) is 0 Å². The number of imidazole rings is 1. The highest BCUT2D eigenvalue weighted by Crippen LogP contribution is 2.23. The lowest BCUT2D eigenvalue weighted by Crippen LogP contribution is -2.13. The summed E-state index contributed by atoms with van der Waals surface area (Å²) in [5, 5.41) is 13.2. The molecule has 0 radical (unpaired) electrons. The zero-order valence-electron chi connectivity index (χ0n) is 8.58. The van der Waals surface area contributed by atoms with E-state index in [2.05, 4.69) is 15.3 Å². The van der Waals surface area contributed by atoms with E-state index in [1.807, 2.05) is 0 Å². The molecule has 0 aliphatic carbocycles. The minimum atomic E-state index is -0.553. The van der Waals surface area contributed by atoms with E-state index in [0.717, 1.165) is 0 Å². The molecule has 0 aliphatic heterocycles. The number of carbonyl (C=O) groups is 1. The van der Waals surface area contributed by atoms with Gasteiger partial charge in [-0.3, -0.25) is 14.9 Å². The lowest BCUT2D eigenvalue weighted by Gasteiger charge is -2.03. The summed E-state index contributed by atoms with van der Waals surface area (Å²) in [7, 11) is 0. The molecule has 0 saturated heterocycles. The summed E-state index contributed by atoms with van der Waals surface area (Å²) in [4.78, 5) is 28.1. The number of nitro groups is 1. The maximum Gasteiger partial charge on any atom is 0.292 e. The molecule has 0 bridgehead atoms. The molecular formula is C10H8N4O3. The van der Waals surface area contributed by atoms with Gasteiger partial charge >= 0.3 is 0 Å². The first-order valence-electron chi connectivity index (χ1n) is 4.71. The van der Waals surface area contributed by atoms with Crippen molar-refractivity contribution in [3.63, 3.8) is 0 Å². The van der Waals surface area contributed by atoms with Crippen LogP contribution in [0.25, 0.3) is 0 Å². The van der Waals surface area contributed by atoms with Crippen molar-refractivity contribution in [2.45, 2.75) is 0 Å². The van der Waals surface area contributed by atoms with Crippen LogP contribution in [0.5, 0.6) is 0 Å². The first-order chi connectivity index (χ1) is 8.18. The van der Waals surface area contributed by atoms with E-state index in [-0.39, 0.29) is 17.1 Å². The third-order valence-electron chi connectivity index (χ3n) is 2.09. The van der Waals surface area contributed by atoms with Crippen molar-refractivity contribution in [1.82, 2.24) is 9.97 Å². The Kier molecular flexibility index (Phi) is 2.82. The van der Waals surface area contributed by atoms with Crippen molar-refractivity contribution < 1.29 is 9.72 Å². The molecular weight excluding hydrogens is 224 g/mol.